The first-order chi connectivity index (χ1) is 7.06. The number of hydrogen-bond donors (Lipinski definition) is 1. The fraction of sp³-hybridized carbons (Fsp3) is 0.364. The maximum atomic E-state index is 13.2. The number of likely N-dealkylation sites (N-methyl/N-ethyl adjacent to an activating group) is 1. The van der Waals surface area contributed by atoms with Crippen molar-refractivity contribution in [3.8, 4) is 0 Å². The molecule has 0 radical (unpaired) electrons. The summed E-state index contributed by atoms with van der Waals surface area (Å²) in [7, 11) is 1.57. The highest BCUT2D eigenvalue weighted by Gasteiger charge is 2.12. The average Bonchev–Trinajstić information content (AvgIpc) is 2.21. The van der Waals surface area contributed by atoms with Gasteiger partial charge in [0.2, 0.25) is 0 Å². The number of nitrogens with zero attached hydrogens (tertiary/aromatic N) is 1. The molecule has 1 aromatic rings. The van der Waals surface area contributed by atoms with Gasteiger partial charge in [-0.25, -0.2) is 4.39 Å². The van der Waals surface area contributed by atoms with E-state index in [2.05, 4.69) is 0 Å². The Morgan fingerprint density at radius 1 is 1.53 bits per heavy atom. The Morgan fingerprint density at radius 2 is 2.20 bits per heavy atom. The summed E-state index contributed by atoms with van der Waals surface area (Å²) in [4.78, 5) is 13.0. The molecule has 0 unspecified atom stereocenters. The molecule has 0 aliphatic rings. The summed E-state index contributed by atoms with van der Waals surface area (Å²) in [5.41, 5.74) is 0.811. The van der Waals surface area contributed by atoms with Crippen LogP contribution in [0.4, 0.5) is 4.39 Å². The molecule has 1 N–H and O–H groups in total. The highest BCUT2D eigenvalue weighted by atomic mass is 19.1. The van der Waals surface area contributed by atoms with Crippen molar-refractivity contribution in [2.24, 2.45) is 0 Å². The number of aliphatic hydroxyl groups excluding tert-OH is 1. The minimum absolute atomic E-state index is 0.101. The van der Waals surface area contributed by atoms with Gasteiger partial charge < -0.3 is 10.0 Å². The van der Waals surface area contributed by atoms with E-state index in [1.54, 1.807) is 26.1 Å². The van der Waals surface area contributed by atoms with Crippen LogP contribution < -0.4 is 0 Å². The van der Waals surface area contributed by atoms with Crippen LogP contribution in [0.3, 0.4) is 0 Å². The van der Waals surface area contributed by atoms with E-state index in [1.807, 2.05) is 0 Å². The Kier molecular flexibility index (Phi) is 3.80. The number of amides is 1. The summed E-state index contributed by atoms with van der Waals surface area (Å²) in [6, 6.07) is 4.36. The summed E-state index contributed by atoms with van der Waals surface area (Å²) in [6.45, 7) is 1.78. The molecule has 0 bridgehead atoms. The van der Waals surface area contributed by atoms with Crippen LogP contribution in [0.25, 0.3) is 0 Å². The van der Waals surface area contributed by atoms with E-state index in [4.69, 9.17) is 5.11 Å². The number of halogens is 1. The van der Waals surface area contributed by atoms with Gasteiger partial charge >= 0.3 is 0 Å². The van der Waals surface area contributed by atoms with Gasteiger partial charge in [0, 0.05) is 19.2 Å². The molecule has 1 rings (SSSR count). The lowest BCUT2D eigenvalue weighted by molar-refractivity contribution is 0.0766. The number of carbonyl (C=O) groups is 1. The SMILES string of the molecule is Cc1ccc(C(=O)N(C)CCO)cc1F. The van der Waals surface area contributed by atoms with Gasteiger partial charge in [0.1, 0.15) is 5.82 Å². The fourth-order valence-corrected chi connectivity index (χ4v) is 1.20. The van der Waals surface area contributed by atoms with E-state index in [9.17, 15) is 9.18 Å². The number of aryl methyl sites for hydroxylation is 1. The lowest BCUT2D eigenvalue weighted by atomic mass is 10.1. The Hall–Kier alpha value is -1.42. The Morgan fingerprint density at radius 3 is 2.73 bits per heavy atom. The van der Waals surface area contributed by atoms with Gasteiger partial charge in [0.15, 0.2) is 0 Å². The lowest BCUT2D eigenvalue weighted by Gasteiger charge is -2.15. The van der Waals surface area contributed by atoms with Gasteiger partial charge in [-0.1, -0.05) is 6.07 Å². The molecule has 15 heavy (non-hydrogen) atoms. The number of hydrogen-bond acceptors (Lipinski definition) is 2. The van der Waals surface area contributed by atoms with Crippen LogP contribution in [0.15, 0.2) is 18.2 Å². The Balaban J connectivity index is 2.87. The first-order valence-electron chi connectivity index (χ1n) is 4.68. The van der Waals surface area contributed by atoms with Crippen molar-refractivity contribution in [2.45, 2.75) is 6.92 Å². The van der Waals surface area contributed by atoms with Gasteiger partial charge in [0.05, 0.1) is 6.61 Å². The first kappa shape index (κ1) is 11.7. The van der Waals surface area contributed by atoms with Gasteiger partial charge in [-0.15, -0.1) is 0 Å². The molecule has 0 aliphatic carbocycles. The number of carbonyl (C=O) groups excluding carboxylic acids is 1. The smallest absolute Gasteiger partial charge is 0.253 e. The molecule has 4 heteroatoms. The van der Waals surface area contributed by atoms with Crippen LogP contribution in [0.1, 0.15) is 15.9 Å². The highest BCUT2D eigenvalue weighted by Crippen LogP contribution is 2.10. The van der Waals surface area contributed by atoms with Crippen molar-refractivity contribution in [1.82, 2.24) is 4.90 Å². The van der Waals surface area contributed by atoms with Gasteiger partial charge in [0.25, 0.3) is 5.91 Å². The van der Waals surface area contributed by atoms with E-state index in [-0.39, 0.29) is 19.1 Å². The van der Waals surface area contributed by atoms with Crippen molar-refractivity contribution in [3.63, 3.8) is 0 Å². The number of benzene rings is 1. The van der Waals surface area contributed by atoms with Crippen LogP contribution in [0, 0.1) is 12.7 Å². The molecule has 82 valence electrons. The molecule has 0 aromatic heterocycles. The van der Waals surface area contributed by atoms with E-state index < -0.39 is 5.82 Å². The topological polar surface area (TPSA) is 40.5 Å². The Bertz CT molecular complexity index is 366. The maximum absolute atomic E-state index is 13.2. The van der Waals surface area contributed by atoms with Crippen molar-refractivity contribution < 1.29 is 14.3 Å². The van der Waals surface area contributed by atoms with Crippen molar-refractivity contribution in [2.75, 3.05) is 20.2 Å². The van der Waals surface area contributed by atoms with Crippen molar-refractivity contribution >= 4 is 5.91 Å². The fourth-order valence-electron chi connectivity index (χ4n) is 1.20. The standard InChI is InChI=1S/C11H14FNO2/c1-8-3-4-9(7-10(8)12)11(15)13(2)5-6-14/h3-4,7,14H,5-6H2,1-2H3. The van der Waals surface area contributed by atoms with E-state index in [0.29, 0.717) is 11.1 Å². The van der Waals surface area contributed by atoms with Crippen LogP contribution >= 0.6 is 0 Å². The van der Waals surface area contributed by atoms with E-state index in [1.165, 1.54) is 11.0 Å². The summed E-state index contributed by atoms with van der Waals surface area (Å²) < 4.78 is 13.2. The van der Waals surface area contributed by atoms with Crippen molar-refractivity contribution in [1.29, 1.82) is 0 Å². The zero-order valence-electron chi connectivity index (χ0n) is 8.83. The summed E-state index contributed by atoms with van der Waals surface area (Å²) in [6.07, 6.45) is 0. The number of rotatable bonds is 3. The van der Waals surface area contributed by atoms with Gasteiger partial charge in [-0.05, 0) is 24.6 Å². The third kappa shape index (κ3) is 2.76. The number of aliphatic hydroxyl groups is 1. The second-order valence-electron chi connectivity index (χ2n) is 3.41. The summed E-state index contributed by atoms with van der Waals surface area (Å²) in [5.74, 6) is -0.679. The molecule has 0 saturated heterocycles. The molecule has 0 heterocycles. The largest absolute Gasteiger partial charge is 0.395 e. The summed E-state index contributed by atoms with van der Waals surface area (Å²) >= 11 is 0. The Labute approximate surface area is 88.1 Å². The van der Waals surface area contributed by atoms with Crippen LogP contribution in [0.2, 0.25) is 0 Å². The molecule has 1 amide bonds. The quantitative estimate of drug-likeness (QED) is 0.816. The minimum atomic E-state index is -0.391. The van der Waals surface area contributed by atoms with Gasteiger partial charge in [-0.2, -0.15) is 0 Å². The molecular formula is C11H14FNO2. The molecular weight excluding hydrogens is 197 g/mol. The molecule has 0 atom stereocenters. The second-order valence-corrected chi connectivity index (χ2v) is 3.41. The molecule has 3 nitrogen and oxygen atoms in total. The van der Waals surface area contributed by atoms with Crippen molar-refractivity contribution in [3.05, 3.63) is 35.1 Å². The third-order valence-corrected chi connectivity index (χ3v) is 2.20. The molecule has 0 saturated carbocycles. The van der Waals surface area contributed by atoms with E-state index >= 15 is 0 Å². The van der Waals surface area contributed by atoms with Crippen LogP contribution in [0.5, 0.6) is 0 Å². The molecule has 0 fully saturated rings. The monoisotopic (exact) mass is 211 g/mol. The zero-order valence-corrected chi connectivity index (χ0v) is 8.83. The predicted molar refractivity (Wildman–Crippen MR) is 55.2 cm³/mol. The minimum Gasteiger partial charge on any atom is -0.395 e. The third-order valence-electron chi connectivity index (χ3n) is 2.20. The lowest BCUT2D eigenvalue weighted by Crippen LogP contribution is -2.29. The highest BCUT2D eigenvalue weighted by molar-refractivity contribution is 5.94. The molecule has 0 aliphatic heterocycles. The molecule has 0 spiro atoms. The normalized spacial score (nSPS) is 10.1. The van der Waals surface area contributed by atoms with E-state index in [0.717, 1.165) is 0 Å². The van der Waals surface area contributed by atoms with Gasteiger partial charge in [-0.3, -0.25) is 4.79 Å². The maximum Gasteiger partial charge on any atom is 0.253 e. The second kappa shape index (κ2) is 4.89. The summed E-state index contributed by atoms with van der Waals surface area (Å²) in [5, 5.41) is 8.66. The first-order valence-corrected chi connectivity index (χ1v) is 4.68. The average molecular weight is 211 g/mol. The molecule has 1 aromatic carbocycles. The van der Waals surface area contributed by atoms with Crippen LogP contribution in [-0.4, -0.2) is 36.1 Å². The zero-order chi connectivity index (χ0) is 11.4. The predicted octanol–water partition coefficient (Wildman–Crippen LogP) is 1.20. The van der Waals surface area contributed by atoms with Crippen LogP contribution in [-0.2, 0) is 0 Å².